The average Bonchev–Trinajstić information content (AvgIpc) is 2.57. The minimum Gasteiger partial charge on any atom is -0.497 e. The van der Waals surface area contributed by atoms with Crippen LogP contribution >= 0.6 is 0 Å². The molecule has 0 aliphatic carbocycles. The van der Waals surface area contributed by atoms with Gasteiger partial charge in [0.15, 0.2) is 0 Å². The molecule has 0 aromatic heterocycles. The van der Waals surface area contributed by atoms with Gasteiger partial charge in [-0.05, 0) is 35.9 Å². The molecule has 5 heteroatoms. The molecule has 0 amide bonds. The number of hydrogen-bond acceptors (Lipinski definition) is 4. The van der Waals surface area contributed by atoms with E-state index in [1.165, 1.54) is 25.5 Å². The first-order valence-corrected chi connectivity index (χ1v) is 6.44. The van der Waals surface area contributed by atoms with E-state index in [9.17, 15) is 4.79 Å². The summed E-state index contributed by atoms with van der Waals surface area (Å²) in [6.07, 6.45) is 4.86. The van der Waals surface area contributed by atoms with Crippen molar-refractivity contribution in [2.75, 3.05) is 7.11 Å². The summed E-state index contributed by atoms with van der Waals surface area (Å²) in [5.74, 6) is -0.261. The fourth-order valence-corrected chi connectivity index (χ4v) is 1.49. The monoisotopic (exact) mass is 299 g/mol. The Balaban J connectivity index is 0.000000220. The van der Waals surface area contributed by atoms with E-state index in [-0.39, 0.29) is 5.56 Å². The van der Waals surface area contributed by atoms with Crippen molar-refractivity contribution in [3.63, 3.8) is 0 Å². The number of carboxylic acid groups (broad SMARTS) is 1. The molecule has 0 atom stereocenters. The van der Waals surface area contributed by atoms with Crippen molar-refractivity contribution in [3.8, 4) is 5.75 Å². The van der Waals surface area contributed by atoms with E-state index in [0.29, 0.717) is 5.75 Å². The van der Waals surface area contributed by atoms with Crippen LogP contribution in [0.3, 0.4) is 0 Å². The van der Waals surface area contributed by atoms with Crippen LogP contribution in [0.5, 0.6) is 5.75 Å². The minimum atomic E-state index is -0.923. The van der Waals surface area contributed by atoms with Crippen LogP contribution in [0.4, 0.5) is 0 Å². The SMILES string of the molecule is COc1ccc(C(=O)O)cc1.ON=CC=Cc1ccccc1. The zero-order chi connectivity index (χ0) is 16.2. The third-order valence-electron chi connectivity index (χ3n) is 2.58. The number of oxime groups is 1. The van der Waals surface area contributed by atoms with Crippen LogP contribution in [-0.2, 0) is 0 Å². The number of carboxylic acids is 1. The average molecular weight is 299 g/mol. The summed E-state index contributed by atoms with van der Waals surface area (Å²) in [5, 5.41) is 19.4. The lowest BCUT2D eigenvalue weighted by Crippen LogP contribution is -1.95. The quantitative estimate of drug-likeness (QED) is 0.514. The number of benzene rings is 2. The molecule has 2 aromatic carbocycles. The van der Waals surface area contributed by atoms with Gasteiger partial charge in [-0.1, -0.05) is 41.6 Å². The summed E-state index contributed by atoms with van der Waals surface area (Å²) in [5.41, 5.74) is 1.36. The molecule has 0 spiro atoms. The summed E-state index contributed by atoms with van der Waals surface area (Å²) >= 11 is 0. The van der Waals surface area contributed by atoms with Crippen LogP contribution < -0.4 is 4.74 Å². The minimum absolute atomic E-state index is 0.269. The summed E-state index contributed by atoms with van der Waals surface area (Å²) in [4.78, 5) is 10.4. The second-order valence-corrected chi connectivity index (χ2v) is 4.07. The first kappa shape index (κ1) is 17.0. The molecule has 0 aliphatic rings. The Labute approximate surface area is 128 Å². The van der Waals surface area contributed by atoms with E-state index < -0.39 is 5.97 Å². The smallest absolute Gasteiger partial charge is 0.335 e. The lowest BCUT2D eigenvalue weighted by Gasteiger charge is -1.98. The molecule has 2 N–H and O–H groups in total. The zero-order valence-electron chi connectivity index (χ0n) is 12.1. The molecule has 0 unspecified atom stereocenters. The number of carbonyl (C=O) groups is 1. The van der Waals surface area contributed by atoms with E-state index >= 15 is 0 Å². The Hall–Kier alpha value is -3.08. The highest BCUT2D eigenvalue weighted by molar-refractivity contribution is 5.87. The van der Waals surface area contributed by atoms with Crippen molar-refractivity contribution in [3.05, 3.63) is 71.8 Å². The standard InChI is InChI=1S/C9H9NO.C8H8O3/c11-10-8-4-7-9-5-2-1-3-6-9;1-11-7-4-2-6(3-5-7)8(9)10/h1-8,11H;2-5H,1H3,(H,9,10). The molecule has 0 saturated carbocycles. The van der Waals surface area contributed by atoms with E-state index in [2.05, 4.69) is 5.16 Å². The van der Waals surface area contributed by atoms with Gasteiger partial charge in [-0.3, -0.25) is 0 Å². The Morgan fingerprint density at radius 3 is 2.23 bits per heavy atom. The topological polar surface area (TPSA) is 79.1 Å². The number of ether oxygens (including phenoxy) is 1. The van der Waals surface area contributed by atoms with Gasteiger partial charge in [0.2, 0.25) is 0 Å². The van der Waals surface area contributed by atoms with Crippen molar-refractivity contribution in [1.29, 1.82) is 0 Å². The highest BCUT2D eigenvalue weighted by Crippen LogP contribution is 2.10. The van der Waals surface area contributed by atoms with E-state index in [0.717, 1.165) is 5.56 Å². The molecule has 0 heterocycles. The molecule has 114 valence electrons. The summed E-state index contributed by atoms with van der Waals surface area (Å²) in [7, 11) is 1.54. The van der Waals surface area contributed by atoms with Gasteiger partial charge in [0.1, 0.15) is 5.75 Å². The third-order valence-corrected chi connectivity index (χ3v) is 2.58. The van der Waals surface area contributed by atoms with Crippen LogP contribution in [0.25, 0.3) is 6.08 Å². The third kappa shape index (κ3) is 6.38. The van der Waals surface area contributed by atoms with Crippen molar-refractivity contribution in [2.24, 2.45) is 5.16 Å². The fourth-order valence-electron chi connectivity index (χ4n) is 1.49. The van der Waals surface area contributed by atoms with Gasteiger partial charge in [0.05, 0.1) is 18.9 Å². The molecule has 5 nitrogen and oxygen atoms in total. The summed E-state index contributed by atoms with van der Waals surface area (Å²) in [6.45, 7) is 0. The Kier molecular flexibility index (Phi) is 7.53. The molecule has 0 radical (unpaired) electrons. The Morgan fingerprint density at radius 1 is 1.09 bits per heavy atom. The number of allylic oxidation sites excluding steroid dienone is 1. The maximum Gasteiger partial charge on any atom is 0.335 e. The fraction of sp³-hybridized carbons (Fsp3) is 0.0588. The number of rotatable bonds is 4. The molecular weight excluding hydrogens is 282 g/mol. The molecule has 0 saturated heterocycles. The molecule has 0 bridgehead atoms. The number of aromatic carboxylic acids is 1. The zero-order valence-corrected chi connectivity index (χ0v) is 12.1. The molecule has 0 aliphatic heterocycles. The largest absolute Gasteiger partial charge is 0.497 e. The van der Waals surface area contributed by atoms with Crippen molar-refractivity contribution in [1.82, 2.24) is 0 Å². The van der Waals surface area contributed by atoms with E-state index in [1.807, 2.05) is 36.4 Å². The number of hydrogen-bond donors (Lipinski definition) is 2. The van der Waals surface area contributed by atoms with Crippen molar-refractivity contribution in [2.45, 2.75) is 0 Å². The predicted molar refractivity (Wildman–Crippen MR) is 85.7 cm³/mol. The lowest BCUT2D eigenvalue weighted by molar-refractivity contribution is 0.0697. The number of methoxy groups -OCH3 is 1. The van der Waals surface area contributed by atoms with Gasteiger partial charge in [-0.25, -0.2) is 4.79 Å². The summed E-state index contributed by atoms with van der Waals surface area (Å²) in [6, 6.07) is 16.0. The maximum atomic E-state index is 10.4. The van der Waals surface area contributed by atoms with E-state index in [4.69, 9.17) is 15.1 Å². The number of nitrogens with zero attached hydrogens (tertiary/aromatic N) is 1. The van der Waals surface area contributed by atoms with Crippen LogP contribution in [0.15, 0.2) is 65.8 Å². The van der Waals surface area contributed by atoms with Gasteiger partial charge >= 0.3 is 5.97 Å². The predicted octanol–water partition coefficient (Wildman–Crippen LogP) is 3.55. The van der Waals surface area contributed by atoms with Crippen molar-refractivity contribution < 1.29 is 19.8 Å². The van der Waals surface area contributed by atoms with E-state index in [1.54, 1.807) is 18.2 Å². The lowest BCUT2D eigenvalue weighted by atomic mass is 10.2. The Morgan fingerprint density at radius 2 is 1.73 bits per heavy atom. The van der Waals surface area contributed by atoms with Crippen LogP contribution in [0.1, 0.15) is 15.9 Å². The molecule has 22 heavy (non-hydrogen) atoms. The second kappa shape index (κ2) is 9.77. The molecule has 0 fully saturated rings. The van der Waals surface area contributed by atoms with Crippen LogP contribution in [-0.4, -0.2) is 29.6 Å². The first-order valence-electron chi connectivity index (χ1n) is 6.44. The van der Waals surface area contributed by atoms with Gasteiger partial charge in [-0.15, -0.1) is 0 Å². The summed E-state index contributed by atoms with van der Waals surface area (Å²) < 4.78 is 4.86. The van der Waals surface area contributed by atoms with Gasteiger partial charge in [0, 0.05) is 0 Å². The molecule has 2 rings (SSSR count). The highest BCUT2D eigenvalue weighted by atomic mass is 16.5. The normalized spacial score (nSPS) is 10.2. The molecule has 2 aromatic rings. The van der Waals surface area contributed by atoms with Crippen LogP contribution in [0.2, 0.25) is 0 Å². The second-order valence-electron chi connectivity index (χ2n) is 4.07. The maximum absolute atomic E-state index is 10.4. The van der Waals surface area contributed by atoms with Crippen molar-refractivity contribution >= 4 is 18.3 Å². The molecular formula is C17H17NO4. The first-order chi connectivity index (χ1) is 10.7. The highest BCUT2D eigenvalue weighted by Gasteiger charge is 2.00. The Bertz CT molecular complexity index is 619. The van der Waals surface area contributed by atoms with Crippen LogP contribution in [0, 0.1) is 0 Å². The van der Waals surface area contributed by atoms with Gasteiger partial charge in [-0.2, -0.15) is 0 Å². The van der Waals surface area contributed by atoms with Gasteiger partial charge in [0.25, 0.3) is 0 Å². The van der Waals surface area contributed by atoms with Gasteiger partial charge < -0.3 is 15.1 Å².